The number of oxazole rings is 1. The molecule has 5 aromatic rings. The average Bonchev–Trinajstić information content (AvgIpc) is 3.60. The molecule has 0 fully saturated rings. The second kappa shape index (κ2) is 11.9. The maximum absolute atomic E-state index is 15.0. The summed E-state index contributed by atoms with van der Waals surface area (Å²) < 4.78 is 117. The van der Waals surface area contributed by atoms with Gasteiger partial charge in [-0.15, -0.1) is 0 Å². The number of hydrogen-bond acceptors (Lipinski definition) is 7. The molecule has 236 valence electrons. The lowest BCUT2D eigenvalue weighted by atomic mass is 9.97. The van der Waals surface area contributed by atoms with Gasteiger partial charge in [-0.3, -0.25) is 0 Å². The van der Waals surface area contributed by atoms with Gasteiger partial charge in [0.15, 0.2) is 27.2 Å². The first kappa shape index (κ1) is 32.1. The van der Waals surface area contributed by atoms with E-state index in [2.05, 4.69) is 14.8 Å². The van der Waals surface area contributed by atoms with Crippen molar-refractivity contribution in [3.63, 3.8) is 0 Å². The van der Waals surface area contributed by atoms with Crippen LogP contribution in [0.2, 0.25) is 5.02 Å². The van der Waals surface area contributed by atoms with Crippen molar-refractivity contribution in [2.45, 2.75) is 31.2 Å². The molecule has 0 aliphatic heterocycles. The summed E-state index contributed by atoms with van der Waals surface area (Å²) in [6.45, 7) is -2.62. The average molecular weight is 672 g/mol. The largest absolute Gasteiger partial charge is 0.440 e. The second-order valence-corrected chi connectivity index (χ2v) is 12.1. The van der Waals surface area contributed by atoms with Crippen molar-refractivity contribution in [3.8, 4) is 45.1 Å². The van der Waals surface area contributed by atoms with Crippen LogP contribution in [0.25, 0.3) is 39.4 Å². The number of hydrogen-bond donors (Lipinski definition) is 1. The molecule has 3 aromatic carbocycles. The van der Waals surface area contributed by atoms with E-state index >= 15 is 4.39 Å². The number of ether oxygens (including phenoxy) is 1. The normalized spacial score (nSPS) is 12.2. The summed E-state index contributed by atoms with van der Waals surface area (Å²) in [5.74, 6) is -1.35. The first-order valence-corrected chi connectivity index (χ1v) is 15.0. The van der Waals surface area contributed by atoms with Crippen molar-refractivity contribution in [1.82, 2.24) is 14.8 Å². The number of aliphatic hydroxyl groups excluding tert-OH is 1. The molecule has 16 heteroatoms. The zero-order valence-corrected chi connectivity index (χ0v) is 24.6. The van der Waals surface area contributed by atoms with Gasteiger partial charge in [0.1, 0.15) is 17.3 Å². The minimum atomic E-state index is -4.77. The summed E-state index contributed by atoms with van der Waals surface area (Å²) in [6.07, 6.45) is -2.87. The van der Waals surface area contributed by atoms with E-state index in [0.29, 0.717) is 0 Å². The summed E-state index contributed by atoms with van der Waals surface area (Å²) in [6, 6.07) is 10.9. The smallest absolute Gasteiger partial charge is 0.435 e. The van der Waals surface area contributed by atoms with Crippen molar-refractivity contribution in [2.75, 3.05) is 6.26 Å². The highest BCUT2D eigenvalue weighted by molar-refractivity contribution is 7.90. The quantitative estimate of drug-likeness (QED) is 0.171. The molecule has 0 unspecified atom stereocenters. The SMILES string of the molecule is Cc1nc(-c2ccc(Cl)c(OC(F)F)c2)c(-c2cc(-c3cc(F)c(CO)c(S(C)(=O)=O)c3)ccc2-n2ccc(C(F)(F)F)n2)o1. The van der Waals surface area contributed by atoms with Gasteiger partial charge in [-0.1, -0.05) is 23.7 Å². The Balaban J connectivity index is 1.77. The maximum atomic E-state index is 15.0. The van der Waals surface area contributed by atoms with Crippen molar-refractivity contribution in [2.24, 2.45) is 0 Å². The summed E-state index contributed by atoms with van der Waals surface area (Å²) in [5.41, 5.74) is -1.03. The number of aryl methyl sites for hydroxylation is 1. The Hall–Kier alpha value is -4.34. The predicted molar refractivity (Wildman–Crippen MR) is 150 cm³/mol. The van der Waals surface area contributed by atoms with Gasteiger partial charge < -0.3 is 14.3 Å². The Morgan fingerprint density at radius 1 is 1.04 bits per heavy atom. The van der Waals surface area contributed by atoms with E-state index in [0.717, 1.165) is 35.3 Å². The second-order valence-electron chi connectivity index (χ2n) is 9.67. The number of sulfone groups is 1. The molecule has 0 saturated heterocycles. The fourth-order valence-electron chi connectivity index (χ4n) is 4.61. The molecule has 0 aliphatic rings. The first-order chi connectivity index (χ1) is 21.1. The van der Waals surface area contributed by atoms with Gasteiger partial charge in [0.25, 0.3) is 0 Å². The lowest BCUT2D eigenvalue weighted by Crippen LogP contribution is -2.08. The van der Waals surface area contributed by atoms with Crippen LogP contribution in [-0.4, -0.2) is 41.2 Å². The molecule has 2 heterocycles. The molecule has 0 radical (unpaired) electrons. The lowest BCUT2D eigenvalue weighted by Gasteiger charge is -2.14. The topological polar surface area (TPSA) is 107 Å². The van der Waals surface area contributed by atoms with Gasteiger partial charge in [-0.25, -0.2) is 22.5 Å². The molecule has 8 nitrogen and oxygen atoms in total. The van der Waals surface area contributed by atoms with Crippen LogP contribution in [0, 0.1) is 12.7 Å². The van der Waals surface area contributed by atoms with Crippen molar-refractivity contribution < 1.29 is 49.0 Å². The third-order valence-electron chi connectivity index (χ3n) is 6.57. The fourth-order valence-corrected chi connectivity index (χ4v) is 5.72. The number of aliphatic hydroxyl groups is 1. The van der Waals surface area contributed by atoms with Crippen LogP contribution >= 0.6 is 11.6 Å². The van der Waals surface area contributed by atoms with Gasteiger partial charge in [-0.05, 0) is 53.6 Å². The zero-order valence-electron chi connectivity index (χ0n) is 23.0. The predicted octanol–water partition coefficient (Wildman–Crippen LogP) is 7.48. The summed E-state index contributed by atoms with van der Waals surface area (Å²) >= 11 is 6.01. The number of alkyl halides is 5. The third-order valence-corrected chi connectivity index (χ3v) is 8.04. The van der Waals surface area contributed by atoms with Crippen molar-refractivity contribution in [3.05, 3.63) is 88.8 Å². The number of benzene rings is 3. The molecule has 1 N–H and O–H groups in total. The molecule has 0 spiro atoms. The first-order valence-electron chi connectivity index (χ1n) is 12.7. The van der Waals surface area contributed by atoms with Crippen molar-refractivity contribution in [1.29, 1.82) is 0 Å². The van der Waals surface area contributed by atoms with Gasteiger partial charge in [0.05, 0.1) is 22.2 Å². The summed E-state index contributed by atoms with van der Waals surface area (Å²) in [5, 5.41) is 13.1. The van der Waals surface area contributed by atoms with E-state index in [4.69, 9.17) is 16.0 Å². The number of halogens is 7. The highest BCUT2D eigenvalue weighted by Crippen LogP contribution is 2.41. The van der Waals surface area contributed by atoms with Gasteiger partial charge in [0.2, 0.25) is 0 Å². The van der Waals surface area contributed by atoms with Gasteiger partial charge in [-0.2, -0.15) is 27.1 Å². The highest BCUT2D eigenvalue weighted by atomic mass is 35.5. The highest BCUT2D eigenvalue weighted by Gasteiger charge is 2.34. The van der Waals surface area contributed by atoms with Gasteiger partial charge in [0, 0.05) is 36.1 Å². The zero-order chi connectivity index (χ0) is 32.8. The van der Waals surface area contributed by atoms with E-state index in [1.807, 2.05) is 0 Å². The van der Waals surface area contributed by atoms with Crippen LogP contribution in [-0.2, 0) is 22.6 Å². The van der Waals surface area contributed by atoms with Crippen LogP contribution in [0.15, 0.2) is 70.1 Å². The molecule has 0 saturated carbocycles. The summed E-state index contributed by atoms with van der Waals surface area (Å²) in [7, 11) is -4.00. The number of nitrogens with zero attached hydrogens (tertiary/aromatic N) is 3. The molecule has 0 bridgehead atoms. The minimum absolute atomic E-state index is 0.0421. The third kappa shape index (κ3) is 6.55. The van der Waals surface area contributed by atoms with E-state index < -0.39 is 51.2 Å². The molecule has 5 rings (SSSR count). The Kier molecular flexibility index (Phi) is 8.46. The molecular weight excluding hydrogens is 652 g/mol. The van der Waals surface area contributed by atoms with Crippen LogP contribution in [0.1, 0.15) is 17.1 Å². The summed E-state index contributed by atoms with van der Waals surface area (Å²) in [4.78, 5) is 3.88. The Bertz CT molecular complexity index is 2030. The number of aromatic nitrogens is 3. The fraction of sp³-hybridized carbons (Fsp3) is 0.172. The standard InChI is InChI=1S/C29H20ClF6N3O5S/c1-14-37-26(16-3-5-20(30)23(11-16)44-28(32)33)27(43-14)18-9-15(4-6-22(18)39-8-7-25(38-39)29(34,35)36)17-10-21(31)19(13-40)24(12-17)45(2,41)42/h3-12,28,40H,13H2,1-2H3. The molecule has 0 amide bonds. The van der Waals surface area contributed by atoms with E-state index in [9.17, 15) is 35.5 Å². The van der Waals surface area contributed by atoms with Crippen LogP contribution in [0.4, 0.5) is 26.3 Å². The van der Waals surface area contributed by atoms with E-state index in [1.165, 1.54) is 43.3 Å². The molecule has 0 atom stereocenters. The van der Waals surface area contributed by atoms with Gasteiger partial charge >= 0.3 is 12.8 Å². The maximum Gasteiger partial charge on any atom is 0.435 e. The Labute approximate surface area is 256 Å². The Morgan fingerprint density at radius 2 is 1.76 bits per heavy atom. The van der Waals surface area contributed by atoms with Crippen LogP contribution < -0.4 is 4.74 Å². The minimum Gasteiger partial charge on any atom is -0.440 e. The van der Waals surface area contributed by atoms with E-state index in [1.54, 1.807) is 0 Å². The van der Waals surface area contributed by atoms with Crippen LogP contribution in [0.5, 0.6) is 5.75 Å². The van der Waals surface area contributed by atoms with E-state index in [-0.39, 0.29) is 56.1 Å². The van der Waals surface area contributed by atoms with Crippen molar-refractivity contribution >= 4 is 21.4 Å². The monoisotopic (exact) mass is 671 g/mol. The molecule has 2 aromatic heterocycles. The number of rotatable bonds is 8. The molecular formula is C29H20ClF6N3O5S. The molecule has 45 heavy (non-hydrogen) atoms. The Morgan fingerprint density at radius 3 is 2.38 bits per heavy atom. The van der Waals surface area contributed by atoms with Crippen LogP contribution in [0.3, 0.4) is 0 Å². The molecule has 0 aliphatic carbocycles. The lowest BCUT2D eigenvalue weighted by molar-refractivity contribution is -0.141.